The van der Waals surface area contributed by atoms with Gasteiger partial charge in [-0.3, -0.25) is 9.59 Å². The van der Waals surface area contributed by atoms with Crippen LogP contribution in [0.25, 0.3) is 11.0 Å². The van der Waals surface area contributed by atoms with E-state index in [1.807, 2.05) is 0 Å². The Hall–Kier alpha value is -2.35. The van der Waals surface area contributed by atoms with Crippen molar-refractivity contribution in [1.82, 2.24) is 5.32 Å². The molecule has 0 fully saturated rings. The molecule has 0 spiro atoms. The summed E-state index contributed by atoms with van der Waals surface area (Å²) in [5.74, 6) is -3.63. The van der Waals surface area contributed by atoms with Gasteiger partial charge in [0, 0.05) is 5.39 Å². The van der Waals surface area contributed by atoms with Crippen LogP contribution < -0.4 is 5.32 Å². The topological polar surface area (TPSA) is 117 Å². The van der Waals surface area contributed by atoms with E-state index in [0.717, 1.165) is 0 Å². The summed E-state index contributed by atoms with van der Waals surface area (Å²) >= 11 is 3.27. The molecule has 110 valence electrons. The third-order valence-electron chi connectivity index (χ3n) is 2.70. The van der Waals surface area contributed by atoms with Gasteiger partial charge in [-0.15, -0.1) is 0 Å². The first-order valence-corrected chi connectivity index (χ1v) is 6.61. The maximum absolute atomic E-state index is 11.9. The molecular formula is C13H10BrNO6. The first kappa shape index (κ1) is 15.0. The molecule has 0 saturated carbocycles. The van der Waals surface area contributed by atoms with Gasteiger partial charge in [-0.05, 0) is 28.1 Å². The molecule has 0 saturated heterocycles. The largest absolute Gasteiger partial charge is 0.481 e. The number of furan rings is 1. The lowest BCUT2D eigenvalue weighted by Crippen LogP contribution is -2.42. The summed E-state index contributed by atoms with van der Waals surface area (Å²) in [5, 5.41) is 20.3. The van der Waals surface area contributed by atoms with Crippen molar-refractivity contribution in [1.29, 1.82) is 0 Å². The number of carbonyl (C=O) groups excluding carboxylic acids is 1. The maximum Gasteiger partial charge on any atom is 0.326 e. The van der Waals surface area contributed by atoms with Crippen molar-refractivity contribution in [3.8, 4) is 0 Å². The molecule has 0 bridgehead atoms. The van der Waals surface area contributed by atoms with Crippen LogP contribution in [-0.4, -0.2) is 34.1 Å². The molecule has 2 rings (SSSR count). The van der Waals surface area contributed by atoms with Crippen LogP contribution >= 0.6 is 15.9 Å². The predicted molar refractivity (Wildman–Crippen MR) is 75.1 cm³/mol. The summed E-state index contributed by atoms with van der Waals surface area (Å²) in [4.78, 5) is 33.4. The second-order valence-electron chi connectivity index (χ2n) is 4.23. The highest BCUT2D eigenvalue weighted by atomic mass is 79.9. The number of carboxylic acids is 2. The average Bonchev–Trinajstić information content (AvgIpc) is 2.82. The number of hydrogen-bond acceptors (Lipinski definition) is 4. The number of amides is 1. The van der Waals surface area contributed by atoms with E-state index in [0.29, 0.717) is 15.4 Å². The van der Waals surface area contributed by atoms with E-state index in [9.17, 15) is 14.4 Å². The van der Waals surface area contributed by atoms with Crippen LogP contribution in [0.4, 0.5) is 0 Å². The SMILES string of the molecule is O=C(O)CC(NC(=O)c1cc2cccc(Br)c2o1)C(=O)O. The second-order valence-corrected chi connectivity index (χ2v) is 5.09. The summed E-state index contributed by atoms with van der Waals surface area (Å²) < 4.78 is 6.00. The fraction of sp³-hybridized carbons (Fsp3) is 0.154. The van der Waals surface area contributed by atoms with Crippen molar-refractivity contribution in [2.75, 3.05) is 0 Å². The zero-order valence-corrected chi connectivity index (χ0v) is 12.1. The van der Waals surface area contributed by atoms with Gasteiger partial charge in [-0.1, -0.05) is 12.1 Å². The number of carbonyl (C=O) groups is 3. The molecule has 0 aliphatic rings. The van der Waals surface area contributed by atoms with Crippen LogP contribution in [0.2, 0.25) is 0 Å². The van der Waals surface area contributed by atoms with Crippen LogP contribution in [0.15, 0.2) is 33.2 Å². The Balaban J connectivity index is 2.23. The van der Waals surface area contributed by atoms with Gasteiger partial charge in [0.2, 0.25) is 0 Å². The Morgan fingerprint density at radius 2 is 2.00 bits per heavy atom. The monoisotopic (exact) mass is 355 g/mol. The van der Waals surface area contributed by atoms with Gasteiger partial charge in [0.1, 0.15) is 11.6 Å². The predicted octanol–water partition coefficient (Wildman–Crippen LogP) is 1.85. The van der Waals surface area contributed by atoms with Crippen molar-refractivity contribution >= 4 is 44.7 Å². The van der Waals surface area contributed by atoms with Gasteiger partial charge >= 0.3 is 11.9 Å². The summed E-state index contributed by atoms with van der Waals surface area (Å²) in [6.07, 6.45) is -0.717. The molecule has 0 aliphatic carbocycles. The molecule has 1 amide bonds. The number of benzene rings is 1. The van der Waals surface area contributed by atoms with Crippen molar-refractivity contribution < 1.29 is 29.0 Å². The minimum atomic E-state index is -1.52. The molecule has 1 aromatic carbocycles. The van der Waals surface area contributed by atoms with Crippen LogP contribution in [-0.2, 0) is 9.59 Å². The number of halogens is 1. The lowest BCUT2D eigenvalue weighted by molar-refractivity contribution is -0.145. The molecule has 21 heavy (non-hydrogen) atoms. The van der Waals surface area contributed by atoms with E-state index in [-0.39, 0.29) is 5.76 Å². The van der Waals surface area contributed by atoms with Crippen LogP contribution in [0.1, 0.15) is 17.0 Å². The second kappa shape index (κ2) is 5.96. The molecule has 1 heterocycles. The van der Waals surface area contributed by atoms with E-state index in [2.05, 4.69) is 21.2 Å². The number of carboxylic acid groups (broad SMARTS) is 2. The van der Waals surface area contributed by atoms with E-state index in [1.165, 1.54) is 6.07 Å². The summed E-state index contributed by atoms with van der Waals surface area (Å²) in [5.41, 5.74) is 0.452. The average molecular weight is 356 g/mol. The van der Waals surface area contributed by atoms with Gasteiger partial charge in [0.15, 0.2) is 5.76 Å². The van der Waals surface area contributed by atoms with Crippen molar-refractivity contribution in [3.05, 3.63) is 34.5 Å². The molecular weight excluding hydrogens is 346 g/mol. The Bertz CT molecular complexity index is 723. The quantitative estimate of drug-likeness (QED) is 0.753. The number of hydrogen-bond donors (Lipinski definition) is 3. The molecule has 3 N–H and O–H groups in total. The zero-order valence-electron chi connectivity index (χ0n) is 10.5. The number of aliphatic carboxylic acids is 2. The van der Waals surface area contributed by atoms with Crippen LogP contribution in [0.3, 0.4) is 0 Å². The number of nitrogens with one attached hydrogen (secondary N) is 1. The highest BCUT2D eigenvalue weighted by molar-refractivity contribution is 9.10. The minimum Gasteiger partial charge on any atom is -0.481 e. The van der Waals surface area contributed by atoms with E-state index in [4.69, 9.17) is 14.6 Å². The fourth-order valence-electron chi connectivity index (χ4n) is 1.74. The molecule has 8 heteroatoms. The highest BCUT2D eigenvalue weighted by Gasteiger charge is 2.25. The smallest absolute Gasteiger partial charge is 0.326 e. The van der Waals surface area contributed by atoms with E-state index < -0.39 is 30.3 Å². The lowest BCUT2D eigenvalue weighted by Gasteiger charge is -2.10. The third kappa shape index (κ3) is 3.40. The van der Waals surface area contributed by atoms with Gasteiger partial charge in [-0.2, -0.15) is 0 Å². The molecule has 0 aliphatic heterocycles. The lowest BCUT2D eigenvalue weighted by atomic mass is 10.2. The van der Waals surface area contributed by atoms with Crippen LogP contribution in [0.5, 0.6) is 0 Å². The summed E-state index contributed by atoms with van der Waals surface area (Å²) in [6, 6.07) is 5.15. The Morgan fingerprint density at radius 1 is 1.29 bits per heavy atom. The Labute approximate surface area is 126 Å². The molecule has 7 nitrogen and oxygen atoms in total. The first-order chi connectivity index (χ1) is 9.88. The van der Waals surface area contributed by atoms with Crippen molar-refractivity contribution in [2.45, 2.75) is 12.5 Å². The van der Waals surface area contributed by atoms with Gasteiger partial charge in [-0.25, -0.2) is 4.79 Å². The number of rotatable bonds is 5. The summed E-state index contributed by atoms with van der Waals surface area (Å²) in [6.45, 7) is 0. The van der Waals surface area contributed by atoms with Gasteiger partial charge in [0.25, 0.3) is 5.91 Å². The maximum atomic E-state index is 11.9. The zero-order chi connectivity index (χ0) is 15.6. The van der Waals surface area contributed by atoms with Crippen LogP contribution in [0, 0.1) is 0 Å². The van der Waals surface area contributed by atoms with E-state index in [1.54, 1.807) is 18.2 Å². The summed E-state index contributed by atoms with van der Waals surface area (Å²) in [7, 11) is 0. The van der Waals surface area contributed by atoms with Crippen molar-refractivity contribution in [2.24, 2.45) is 0 Å². The number of para-hydroxylation sites is 1. The van der Waals surface area contributed by atoms with Gasteiger partial charge < -0.3 is 19.9 Å². The molecule has 1 aromatic heterocycles. The Morgan fingerprint density at radius 3 is 2.57 bits per heavy atom. The third-order valence-corrected chi connectivity index (χ3v) is 3.33. The standard InChI is InChI=1S/C13H10BrNO6/c14-7-3-1-2-6-4-9(21-11(6)7)12(18)15-8(13(19)20)5-10(16)17/h1-4,8H,5H2,(H,15,18)(H,16,17)(H,19,20). The molecule has 0 radical (unpaired) electrons. The molecule has 1 atom stereocenters. The number of fused-ring (bicyclic) bond motifs is 1. The van der Waals surface area contributed by atoms with Gasteiger partial charge in [0.05, 0.1) is 10.9 Å². The first-order valence-electron chi connectivity index (χ1n) is 5.82. The fourth-order valence-corrected chi connectivity index (χ4v) is 2.21. The molecule has 1 unspecified atom stereocenters. The van der Waals surface area contributed by atoms with Crippen molar-refractivity contribution in [3.63, 3.8) is 0 Å². The Kier molecular flexibility index (Phi) is 4.27. The van der Waals surface area contributed by atoms with E-state index >= 15 is 0 Å². The normalized spacial score (nSPS) is 12.0. The molecule has 2 aromatic rings. The highest BCUT2D eigenvalue weighted by Crippen LogP contribution is 2.26. The minimum absolute atomic E-state index is 0.0893.